The zero-order valence-electron chi connectivity index (χ0n) is 18.9. The highest BCUT2D eigenvalue weighted by Crippen LogP contribution is 2.29. The van der Waals surface area contributed by atoms with Crippen LogP contribution >= 0.6 is 23.2 Å². The van der Waals surface area contributed by atoms with Gasteiger partial charge in [0.05, 0.1) is 11.6 Å². The Kier molecular flexibility index (Phi) is 8.39. The van der Waals surface area contributed by atoms with Crippen molar-refractivity contribution in [2.24, 2.45) is 4.99 Å². The fourth-order valence-electron chi connectivity index (χ4n) is 3.40. The Morgan fingerprint density at radius 2 is 1.79 bits per heavy atom. The highest BCUT2D eigenvalue weighted by atomic mass is 35.5. The summed E-state index contributed by atoms with van der Waals surface area (Å²) in [6.45, 7) is 3.96. The van der Waals surface area contributed by atoms with Gasteiger partial charge in [-0.1, -0.05) is 47.5 Å². The summed E-state index contributed by atoms with van der Waals surface area (Å²) < 4.78 is 26.9. The van der Waals surface area contributed by atoms with Gasteiger partial charge >= 0.3 is 0 Å². The van der Waals surface area contributed by atoms with Crippen molar-refractivity contribution in [3.8, 4) is 0 Å². The Morgan fingerprint density at radius 1 is 1.09 bits per heavy atom. The smallest absolute Gasteiger partial charge is 0.244 e. The molecule has 1 aliphatic heterocycles. The van der Waals surface area contributed by atoms with Crippen molar-refractivity contribution < 1.29 is 13.2 Å². The fourth-order valence-corrected chi connectivity index (χ4v) is 5.38. The van der Waals surface area contributed by atoms with Gasteiger partial charge in [-0.25, -0.2) is 12.7 Å². The van der Waals surface area contributed by atoms with Crippen molar-refractivity contribution in [1.82, 2.24) is 14.5 Å². The molecule has 33 heavy (non-hydrogen) atoms. The predicted octanol–water partition coefficient (Wildman–Crippen LogP) is 3.36. The minimum absolute atomic E-state index is 0.0171. The third kappa shape index (κ3) is 6.26. The summed E-state index contributed by atoms with van der Waals surface area (Å²) in [7, 11) is -0.677. The van der Waals surface area contributed by atoms with E-state index in [1.54, 1.807) is 18.9 Å². The monoisotopic (exact) mass is 510 g/mol. The minimum atomic E-state index is -3.84. The lowest BCUT2D eigenvalue weighted by atomic mass is 10.1. The second-order valence-electron chi connectivity index (χ2n) is 8.03. The van der Waals surface area contributed by atoms with Crippen LogP contribution in [0.15, 0.2) is 46.3 Å². The van der Waals surface area contributed by atoms with E-state index in [2.05, 4.69) is 10.3 Å². The van der Waals surface area contributed by atoms with Crippen molar-refractivity contribution in [3.63, 3.8) is 0 Å². The normalized spacial score (nSPS) is 13.7. The molecular weight excluding hydrogens is 483 g/mol. The van der Waals surface area contributed by atoms with E-state index < -0.39 is 10.0 Å². The topological polar surface area (TPSA) is 82.1 Å². The van der Waals surface area contributed by atoms with E-state index in [4.69, 9.17) is 23.2 Å². The van der Waals surface area contributed by atoms with Gasteiger partial charge in [-0.15, -0.1) is 0 Å². The average Bonchev–Trinajstić information content (AvgIpc) is 3.33. The lowest BCUT2D eigenvalue weighted by Gasteiger charge is -2.21. The van der Waals surface area contributed by atoms with Crippen LogP contribution in [0, 0.1) is 6.92 Å². The molecule has 1 N–H and O–H groups in total. The number of likely N-dealkylation sites (N-methyl/N-ethyl adjacent to an activating group) is 1. The van der Waals surface area contributed by atoms with Gasteiger partial charge in [0.25, 0.3) is 0 Å². The molecule has 1 heterocycles. The molecule has 2 aromatic rings. The van der Waals surface area contributed by atoms with Gasteiger partial charge < -0.3 is 10.2 Å². The second-order valence-corrected chi connectivity index (χ2v) is 10.9. The van der Waals surface area contributed by atoms with Crippen molar-refractivity contribution >= 4 is 45.0 Å². The van der Waals surface area contributed by atoms with Crippen LogP contribution in [0.25, 0.3) is 0 Å². The highest BCUT2D eigenvalue weighted by molar-refractivity contribution is 7.89. The number of aryl methyl sites for hydroxylation is 1. The van der Waals surface area contributed by atoms with Crippen LogP contribution in [0.5, 0.6) is 0 Å². The molecule has 0 bridgehead atoms. The number of amides is 1. The van der Waals surface area contributed by atoms with Crippen molar-refractivity contribution in [3.05, 3.63) is 63.1 Å². The molecule has 1 aliphatic rings. The highest BCUT2D eigenvalue weighted by Gasteiger charge is 2.25. The summed E-state index contributed by atoms with van der Waals surface area (Å²) in [5.41, 5.74) is 2.79. The summed E-state index contributed by atoms with van der Waals surface area (Å²) in [5, 5.41) is 3.70. The van der Waals surface area contributed by atoms with Gasteiger partial charge in [0.2, 0.25) is 15.9 Å². The number of hydrogen-bond donors (Lipinski definition) is 1. The summed E-state index contributed by atoms with van der Waals surface area (Å²) >= 11 is 12.1. The largest absolute Gasteiger partial charge is 0.368 e. The molecule has 2 aromatic carbocycles. The molecule has 0 unspecified atom stereocenters. The number of carbonyl (C=O) groups excluding carboxylic acids is 1. The van der Waals surface area contributed by atoms with Crippen LogP contribution in [-0.4, -0.2) is 69.6 Å². The minimum Gasteiger partial charge on any atom is -0.368 e. The molecule has 3 rings (SSSR count). The predicted molar refractivity (Wildman–Crippen MR) is 133 cm³/mol. The maximum atomic E-state index is 12.9. The molecular formula is C23H28Cl2N4O3S. The van der Waals surface area contributed by atoms with Gasteiger partial charge in [0.1, 0.15) is 10.7 Å². The number of aliphatic imine (C=N–C) groups is 1. The Balaban J connectivity index is 1.52. The maximum Gasteiger partial charge on any atom is 0.244 e. The van der Waals surface area contributed by atoms with E-state index in [1.807, 2.05) is 24.3 Å². The first-order valence-corrected chi connectivity index (χ1v) is 12.8. The van der Waals surface area contributed by atoms with Crippen molar-refractivity contribution in [2.75, 3.05) is 40.3 Å². The Hall–Kier alpha value is -2.13. The van der Waals surface area contributed by atoms with E-state index >= 15 is 0 Å². The first-order chi connectivity index (χ1) is 15.6. The molecule has 0 saturated carbocycles. The fraction of sp³-hybridized carbons (Fsp3) is 0.391. The summed E-state index contributed by atoms with van der Waals surface area (Å²) in [4.78, 5) is 18.6. The van der Waals surface area contributed by atoms with Crippen LogP contribution in [0.3, 0.4) is 0 Å². The van der Waals surface area contributed by atoms with Crippen LogP contribution in [0.2, 0.25) is 10.0 Å². The number of benzene rings is 2. The second kappa shape index (κ2) is 10.9. The number of nitrogens with zero attached hydrogens (tertiary/aromatic N) is 3. The van der Waals surface area contributed by atoms with Gasteiger partial charge in [0.15, 0.2) is 0 Å². The number of carbonyl (C=O) groups is 1. The van der Waals surface area contributed by atoms with E-state index in [1.165, 1.54) is 19.2 Å². The molecule has 0 radical (unpaired) electrons. The zero-order chi connectivity index (χ0) is 24.2. The van der Waals surface area contributed by atoms with E-state index in [0.29, 0.717) is 23.6 Å². The third-order valence-corrected chi connectivity index (χ3v) is 8.33. The molecule has 0 aliphatic carbocycles. The number of hydrogen-bond acceptors (Lipinski definition) is 5. The molecule has 0 atom stereocenters. The number of halogens is 2. The molecule has 0 spiro atoms. The molecule has 7 nitrogen and oxygen atoms in total. The van der Waals surface area contributed by atoms with Crippen LogP contribution in [-0.2, 0) is 21.2 Å². The number of rotatable bonds is 9. The molecule has 178 valence electrons. The summed E-state index contributed by atoms with van der Waals surface area (Å²) in [5.74, 6) is 0.791. The molecule has 0 saturated heterocycles. The first kappa shape index (κ1) is 25.5. The number of nitrogens with one attached hydrogen (secondary N) is 1. The molecule has 1 amide bonds. The molecule has 0 fully saturated rings. The SMILES string of the molecule is Cc1cc(S(=O)(=O)N(C)CCC(=O)N(C)CCc2ccc(C3=NCCN3)cc2)c(Cl)cc1Cl. The van der Waals surface area contributed by atoms with E-state index in [9.17, 15) is 13.2 Å². The summed E-state index contributed by atoms with van der Waals surface area (Å²) in [6, 6.07) is 11.0. The lowest BCUT2D eigenvalue weighted by molar-refractivity contribution is -0.129. The van der Waals surface area contributed by atoms with Gasteiger partial charge in [-0.2, -0.15) is 0 Å². The number of amidine groups is 1. The van der Waals surface area contributed by atoms with Gasteiger partial charge in [-0.05, 0) is 36.6 Å². The maximum absolute atomic E-state index is 12.9. The quantitative estimate of drug-likeness (QED) is 0.560. The molecule has 10 heteroatoms. The van der Waals surface area contributed by atoms with E-state index in [0.717, 1.165) is 34.4 Å². The van der Waals surface area contributed by atoms with Crippen LogP contribution in [0.1, 0.15) is 23.1 Å². The lowest BCUT2D eigenvalue weighted by Crippen LogP contribution is -2.34. The average molecular weight is 511 g/mol. The van der Waals surface area contributed by atoms with Gasteiger partial charge in [-0.3, -0.25) is 9.79 Å². The molecule has 0 aromatic heterocycles. The Morgan fingerprint density at radius 3 is 2.42 bits per heavy atom. The summed E-state index contributed by atoms with van der Waals surface area (Å²) in [6.07, 6.45) is 0.775. The van der Waals surface area contributed by atoms with E-state index in [-0.39, 0.29) is 28.8 Å². The van der Waals surface area contributed by atoms with Crippen molar-refractivity contribution in [1.29, 1.82) is 0 Å². The Labute approximate surface area is 205 Å². The van der Waals surface area contributed by atoms with Gasteiger partial charge in [0, 0.05) is 50.7 Å². The van der Waals surface area contributed by atoms with Crippen LogP contribution in [0.4, 0.5) is 0 Å². The number of sulfonamides is 1. The first-order valence-electron chi connectivity index (χ1n) is 10.6. The Bertz CT molecular complexity index is 1150. The standard InChI is InChI=1S/C23H28Cl2N4O3S/c1-16-14-21(20(25)15-19(16)24)33(31,32)29(3)13-9-22(30)28(2)12-8-17-4-6-18(7-5-17)23-26-10-11-27-23/h4-7,14-15H,8-13H2,1-3H3,(H,26,27). The third-order valence-electron chi connectivity index (χ3n) is 5.61. The zero-order valence-corrected chi connectivity index (χ0v) is 21.3. The van der Waals surface area contributed by atoms with Crippen molar-refractivity contribution in [2.45, 2.75) is 24.7 Å². The van der Waals surface area contributed by atoms with Crippen LogP contribution < -0.4 is 5.32 Å².